The van der Waals surface area contributed by atoms with Crippen molar-refractivity contribution in [1.82, 2.24) is 14.7 Å². The largest absolute Gasteiger partial charge is 0.497 e. The highest BCUT2D eigenvalue weighted by molar-refractivity contribution is 6.21. The zero-order valence-corrected chi connectivity index (χ0v) is 19.3. The van der Waals surface area contributed by atoms with E-state index in [0.29, 0.717) is 35.5 Å². The van der Waals surface area contributed by atoms with Crippen LogP contribution in [0.25, 0.3) is 0 Å². The number of hydrogen-bond donors (Lipinski definition) is 3. The van der Waals surface area contributed by atoms with Crippen LogP contribution in [0.15, 0.2) is 48.5 Å². The lowest BCUT2D eigenvalue weighted by Crippen LogP contribution is -2.68. The number of methoxy groups -OCH3 is 1. The van der Waals surface area contributed by atoms with Gasteiger partial charge in [-0.25, -0.2) is 4.79 Å². The number of carbonyl (C=O) groups excluding carboxylic acids is 3. The standard InChI is InChI=1S/C25H28N4O6/c1-35-18-8-6-15(7-9-18)26-25(34)27-11-16-10-17(28(16)14-22(31)21(30)13-27)12-29-23(32)19-4-2-3-5-20(19)24(29)33/h2-9,16-17,21-22,30-31H,10-14H2,1H3,(H,26,34). The summed E-state index contributed by atoms with van der Waals surface area (Å²) in [5, 5.41) is 23.9. The average Bonchev–Trinajstić information content (AvgIpc) is 3.10. The van der Waals surface area contributed by atoms with Gasteiger partial charge in [0.1, 0.15) is 5.75 Å². The zero-order chi connectivity index (χ0) is 24.7. The van der Waals surface area contributed by atoms with Gasteiger partial charge in [-0.3, -0.25) is 19.4 Å². The molecule has 3 heterocycles. The maximum absolute atomic E-state index is 13.0. The van der Waals surface area contributed by atoms with E-state index in [-0.39, 0.29) is 49.6 Å². The van der Waals surface area contributed by atoms with Gasteiger partial charge in [-0.1, -0.05) is 12.1 Å². The quantitative estimate of drug-likeness (QED) is 0.558. The number of β-amino-alcohol motifs (C(OH)–C–C–N with tert-alkyl or cyclic N) is 1. The molecule has 2 aromatic carbocycles. The summed E-state index contributed by atoms with van der Waals surface area (Å²) in [6, 6.07) is 13.1. The van der Waals surface area contributed by atoms with Crippen molar-refractivity contribution < 1.29 is 29.3 Å². The number of hydrogen-bond acceptors (Lipinski definition) is 7. The number of nitrogens with zero attached hydrogens (tertiary/aromatic N) is 3. The maximum atomic E-state index is 13.0. The van der Waals surface area contributed by atoms with Crippen LogP contribution in [0, 0.1) is 0 Å². The van der Waals surface area contributed by atoms with E-state index >= 15 is 0 Å². The molecule has 10 heteroatoms. The molecule has 5 rings (SSSR count). The molecule has 2 fully saturated rings. The van der Waals surface area contributed by atoms with E-state index in [9.17, 15) is 24.6 Å². The Kier molecular flexibility index (Phi) is 6.18. The van der Waals surface area contributed by atoms with Gasteiger partial charge < -0.3 is 25.2 Å². The lowest BCUT2D eigenvalue weighted by molar-refractivity contribution is -0.0911. The van der Waals surface area contributed by atoms with Gasteiger partial charge in [0, 0.05) is 37.4 Å². The Hall–Kier alpha value is -3.47. The van der Waals surface area contributed by atoms with Gasteiger partial charge in [-0.2, -0.15) is 0 Å². The summed E-state index contributed by atoms with van der Waals surface area (Å²) in [7, 11) is 1.56. The highest BCUT2D eigenvalue weighted by Crippen LogP contribution is 2.32. The van der Waals surface area contributed by atoms with Crippen molar-refractivity contribution in [2.75, 3.05) is 38.6 Å². The Bertz CT molecular complexity index is 1100. The number of aliphatic hydroxyl groups excluding tert-OH is 2. The van der Waals surface area contributed by atoms with Crippen molar-refractivity contribution in [3.05, 3.63) is 59.7 Å². The SMILES string of the molecule is COc1ccc(NC(=O)N2CC(O)C(O)CN3C(CC3CN3C(=O)c4ccccc4C3=O)C2)cc1. The number of carbonyl (C=O) groups is 3. The molecule has 184 valence electrons. The smallest absolute Gasteiger partial charge is 0.321 e. The van der Waals surface area contributed by atoms with Gasteiger partial charge in [-0.15, -0.1) is 0 Å². The van der Waals surface area contributed by atoms with E-state index in [1.54, 1.807) is 55.6 Å². The Labute approximate surface area is 202 Å². The van der Waals surface area contributed by atoms with E-state index < -0.39 is 12.2 Å². The summed E-state index contributed by atoms with van der Waals surface area (Å²) >= 11 is 0. The van der Waals surface area contributed by atoms with Crippen molar-refractivity contribution in [2.24, 2.45) is 0 Å². The van der Waals surface area contributed by atoms with Crippen molar-refractivity contribution in [2.45, 2.75) is 30.7 Å². The maximum Gasteiger partial charge on any atom is 0.321 e. The molecule has 0 saturated carbocycles. The molecule has 3 N–H and O–H groups in total. The van der Waals surface area contributed by atoms with Crippen LogP contribution >= 0.6 is 0 Å². The van der Waals surface area contributed by atoms with Crippen molar-refractivity contribution in [3.8, 4) is 5.75 Å². The third-order valence-corrected chi connectivity index (χ3v) is 7.06. The average molecular weight is 481 g/mol. The molecular formula is C25H28N4O6. The van der Waals surface area contributed by atoms with Crippen LogP contribution in [-0.4, -0.2) is 100 Å². The number of amides is 4. The number of imide groups is 1. The third-order valence-electron chi connectivity index (χ3n) is 7.06. The monoisotopic (exact) mass is 480 g/mol. The Morgan fingerprint density at radius 3 is 2.23 bits per heavy atom. The first-order valence-corrected chi connectivity index (χ1v) is 11.6. The predicted molar refractivity (Wildman–Crippen MR) is 126 cm³/mol. The molecule has 4 amide bonds. The lowest BCUT2D eigenvalue weighted by Gasteiger charge is -2.53. The first-order chi connectivity index (χ1) is 16.9. The van der Waals surface area contributed by atoms with E-state index in [0.717, 1.165) is 0 Å². The minimum Gasteiger partial charge on any atom is -0.497 e. The van der Waals surface area contributed by atoms with Crippen molar-refractivity contribution in [1.29, 1.82) is 0 Å². The molecule has 4 unspecified atom stereocenters. The topological polar surface area (TPSA) is 123 Å². The molecule has 3 aliphatic rings. The summed E-state index contributed by atoms with van der Waals surface area (Å²) in [5.74, 6) is 0.0337. The Morgan fingerprint density at radius 2 is 1.60 bits per heavy atom. The molecule has 0 radical (unpaired) electrons. The molecule has 2 saturated heterocycles. The first-order valence-electron chi connectivity index (χ1n) is 11.6. The van der Waals surface area contributed by atoms with Gasteiger partial charge in [0.25, 0.3) is 11.8 Å². The Morgan fingerprint density at radius 1 is 0.971 bits per heavy atom. The molecular weight excluding hydrogens is 452 g/mol. The third kappa shape index (κ3) is 4.36. The summed E-state index contributed by atoms with van der Waals surface area (Å²) in [4.78, 5) is 43.2. The number of urea groups is 1. The van der Waals surface area contributed by atoms with E-state index in [1.807, 2.05) is 4.90 Å². The van der Waals surface area contributed by atoms with Crippen LogP contribution in [0.2, 0.25) is 0 Å². The summed E-state index contributed by atoms with van der Waals surface area (Å²) in [6.45, 7) is 0.748. The van der Waals surface area contributed by atoms with Gasteiger partial charge >= 0.3 is 6.03 Å². The lowest BCUT2D eigenvalue weighted by atomic mass is 9.89. The number of rotatable bonds is 4. The van der Waals surface area contributed by atoms with E-state index in [4.69, 9.17) is 4.74 Å². The number of benzene rings is 2. The van der Waals surface area contributed by atoms with Crippen LogP contribution in [-0.2, 0) is 0 Å². The summed E-state index contributed by atoms with van der Waals surface area (Å²) in [5.41, 5.74) is 1.39. The summed E-state index contributed by atoms with van der Waals surface area (Å²) < 4.78 is 5.13. The molecule has 3 aliphatic heterocycles. The van der Waals surface area contributed by atoms with E-state index in [1.165, 1.54) is 9.80 Å². The second kappa shape index (κ2) is 9.29. The van der Waals surface area contributed by atoms with Crippen LogP contribution in [0.1, 0.15) is 27.1 Å². The minimum absolute atomic E-state index is 0.00341. The molecule has 0 aliphatic carbocycles. The van der Waals surface area contributed by atoms with Crippen LogP contribution < -0.4 is 10.1 Å². The number of fused-ring (bicyclic) bond motifs is 2. The highest BCUT2D eigenvalue weighted by Gasteiger charge is 2.46. The molecule has 0 bridgehead atoms. The second-order valence-electron chi connectivity index (χ2n) is 9.20. The fraction of sp³-hybridized carbons (Fsp3) is 0.400. The zero-order valence-electron chi connectivity index (χ0n) is 19.3. The van der Waals surface area contributed by atoms with Crippen molar-refractivity contribution >= 4 is 23.5 Å². The van der Waals surface area contributed by atoms with E-state index in [2.05, 4.69) is 5.32 Å². The molecule has 10 nitrogen and oxygen atoms in total. The first kappa shape index (κ1) is 23.3. The number of aliphatic hydroxyl groups is 2. The number of nitrogens with one attached hydrogen (secondary N) is 1. The minimum atomic E-state index is -1.13. The second-order valence-corrected chi connectivity index (χ2v) is 9.20. The van der Waals surface area contributed by atoms with Gasteiger partial charge in [0.2, 0.25) is 0 Å². The molecule has 35 heavy (non-hydrogen) atoms. The van der Waals surface area contributed by atoms with Gasteiger partial charge in [-0.05, 0) is 42.8 Å². The normalized spacial score (nSPS) is 26.4. The molecule has 4 atom stereocenters. The Balaban J connectivity index is 1.26. The fourth-order valence-corrected chi connectivity index (χ4v) is 5.07. The fourth-order valence-electron chi connectivity index (χ4n) is 5.07. The molecule has 2 aromatic rings. The highest BCUT2D eigenvalue weighted by atomic mass is 16.5. The summed E-state index contributed by atoms with van der Waals surface area (Å²) in [6.07, 6.45) is -1.54. The number of ether oxygens (including phenoxy) is 1. The van der Waals surface area contributed by atoms with Crippen LogP contribution in [0.5, 0.6) is 5.75 Å². The van der Waals surface area contributed by atoms with Gasteiger partial charge in [0.15, 0.2) is 0 Å². The van der Waals surface area contributed by atoms with Crippen LogP contribution in [0.4, 0.5) is 10.5 Å². The van der Waals surface area contributed by atoms with Gasteiger partial charge in [0.05, 0.1) is 37.0 Å². The molecule has 0 aromatic heterocycles. The predicted octanol–water partition coefficient (Wildman–Crippen LogP) is 1.00. The van der Waals surface area contributed by atoms with Crippen molar-refractivity contribution in [3.63, 3.8) is 0 Å². The van der Waals surface area contributed by atoms with Crippen LogP contribution in [0.3, 0.4) is 0 Å². The molecule has 0 spiro atoms. The number of anilines is 1.